The summed E-state index contributed by atoms with van der Waals surface area (Å²) in [6.07, 6.45) is 8.55. The zero-order valence-electron chi connectivity index (χ0n) is 15.0. The van der Waals surface area contributed by atoms with Gasteiger partial charge in [-0.25, -0.2) is 4.98 Å². The molecule has 1 fully saturated rings. The molecule has 1 N–H and O–H groups in total. The molecule has 140 valence electrons. The molecule has 0 saturated carbocycles. The Balaban J connectivity index is 1.35. The fourth-order valence-electron chi connectivity index (χ4n) is 3.91. The molecule has 2 aromatic rings. The number of aromatic nitrogens is 2. The third-order valence-electron chi connectivity index (χ3n) is 5.28. The zero-order valence-corrected chi connectivity index (χ0v) is 16.6. The van der Waals surface area contributed by atoms with Crippen LogP contribution in [0.1, 0.15) is 54.8 Å². The summed E-state index contributed by atoms with van der Waals surface area (Å²) in [6.45, 7) is 1.83. The number of carbonyl (C=O) groups excluding carboxylic acids is 1. The number of rotatable bonds is 5. The van der Waals surface area contributed by atoms with Crippen molar-refractivity contribution in [2.24, 2.45) is 0 Å². The summed E-state index contributed by atoms with van der Waals surface area (Å²) >= 11 is 3.37. The lowest BCUT2D eigenvalue weighted by Gasteiger charge is -2.26. The zero-order chi connectivity index (χ0) is 17.9. The molecule has 1 aliphatic carbocycles. The highest BCUT2D eigenvalue weighted by Crippen LogP contribution is 2.33. The quantitative estimate of drug-likeness (QED) is 0.792. The maximum atomic E-state index is 12.5. The van der Waals surface area contributed by atoms with Crippen molar-refractivity contribution in [1.82, 2.24) is 14.9 Å². The van der Waals surface area contributed by atoms with Crippen LogP contribution >= 0.6 is 23.1 Å². The van der Waals surface area contributed by atoms with Gasteiger partial charge in [0.25, 0.3) is 5.56 Å². The number of hydrogen-bond acceptors (Lipinski definition) is 5. The maximum Gasteiger partial charge on any atom is 0.259 e. The number of thiophene rings is 1. The first-order chi connectivity index (χ1) is 12.7. The molecule has 7 heteroatoms. The first-order valence-corrected chi connectivity index (χ1v) is 11.6. The van der Waals surface area contributed by atoms with Gasteiger partial charge in [0.2, 0.25) is 5.91 Å². The Hall–Kier alpha value is -1.34. The highest BCUT2D eigenvalue weighted by Gasteiger charge is 2.20. The van der Waals surface area contributed by atoms with E-state index in [1.165, 1.54) is 29.7 Å². The van der Waals surface area contributed by atoms with Gasteiger partial charge in [-0.1, -0.05) is 0 Å². The molecule has 0 unspecified atom stereocenters. The van der Waals surface area contributed by atoms with Gasteiger partial charge in [0.05, 0.1) is 11.1 Å². The Labute approximate surface area is 161 Å². The molecule has 0 bridgehead atoms. The molecule has 1 amide bonds. The average molecular weight is 392 g/mol. The van der Waals surface area contributed by atoms with E-state index in [4.69, 9.17) is 4.98 Å². The lowest BCUT2D eigenvalue weighted by Crippen LogP contribution is -2.35. The SMILES string of the molecule is O=C(CCSCc1nc2sc3c(c2c(=O)[nH]1)CCCC3)N1CCCCC1. The maximum absolute atomic E-state index is 12.5. The molecule has 0 radical (unpaired) electrons. The van der Waals surface area contributed by atoms with Crippen molar-refractivity contribution < 1.29 is 4.79 Å². The lowest BCUT2D eigenvalue weighted by molar-refractivity contribution is -0.131. The van der Waals surface area contributed by atoms with Gasteiger partial charge in [0.15, 0.2) is 0 Å². The largest absolute Gasteiger partial charge is 0.343 e. The van der Waals surface area contributed by atoms with Crippen LogP contribution in [0, 0.1) is 0 Å². The fourth-order valence-corrected chi connectivity index (χ4v) is 5.98. The van der Waals surface area contributed by atoms with Crippen molar-refractivity contribution >= 4 is 39.2 Å². The van der Waals surface area contributed by atoms with Crippen LogP contribution in [0.3, 0.4) is 0 Å². The summed E-state index contributed by atoms with van der Waals surface area (Å²) in [4.78, 5) is 36.6. The molecule has 0 spiro atoms. The molecule has 2 aromatic heterocycles. The minimum atomic E-state index is 0.00870. The Morgan fingerprint density at radius 1 is 1.15 bits per heavy atom. The van der Waals surface area contributed by atoms with Crippen molar-refractivity contribution in [3.05, 3.63) is 26.6 Å². The Bertz CT molecular complexity index is 852. The van der Waals surface area contributed by atoms with E-state index in [-0.39, 0.29) is 11.5 Å². The van der Waals surface area contributed by atoms with E-state index in [0.717, 1.165) is 60.6 Å². The predicted octanol–water partition coefficient (Wildman–Crippen LogP) is 3.50. The standard InChI is InChI=1S/C19H25N3O2S2/c23-16(22-9-4-1-5-10-22)8-11-25-12-15-20-18(24)17-13-6-2-3-7-14(13)26-19(17)21-15/h1-12H2,(H,20,21,24). The van der Waals surface area contributed by atoms with Crippen molar-refractivity contribution in [3.8, 4) is 0 Å². The molecule has 1 aliphatic heterocycles. The normalized spacial score (nSPS) is 17.5. The summed E-state index contributed by atoms with van der Waals surface area (Å²) < 4.78 is 0. The van der Waals surface area contributed by atoms with E-state index in [0.29, 0.717) is 12.2 Å². The number of likely N-dealkylation sites (tertiary alicyclic amines) is 1. The van der Waals surface area contributed by atoms with Crippen LogP contribution in [0.4, 0.5) is 0 Å². The van der Waals surface area contributed by atoms with Gasteiger partial charge < -0.3 is 9.88 Å². The summed E-state index contributed by atoms with van der Waals surface area (Å²) in [5.74, 6) is 2.43. The summed E-state index contributed by atoms with van der Waals surface area (Å²) in [6, 6.07) is 0. The number of piperidine rings is 1. The number of amides is 1. The predicted molar refractivity (Wildman–Crippen MR) is 108 cm³/mol. The van der Waals surface area contributed by atoms with E-state index in [2.05, 4.69) is 4.98 Å². The third kappa shape index (κ3) is 3.83. The minimum Gasteiger partial charge on any atom is -0.343 e. The van der Waals surface area contributed by atoms with Crippen molar-refractivity contribution in [1.29, 1.82) is 0 Å². The van der Waals surface area contributed by atoms with E-state index in [1.807, 2.05) is 4.90 Å². The van der Waals surface area contributed by atoms with Gasteiger partial charge in [-0.05, 0) is 50.5 Å². The van der Waals surface area contributed by atoms with Gasteiger partial charge in [-0.2, -0.15) is 11.8 Å². The Morgan fingerprint density at radius 2 is 1.96 bits per heavy atom. The van der Waals surface area contributed by atoms with Gasteiger partial charge in [-0.15, -0.1) is 11.3 Å². The van der Waals surface area contributed by atoms with Gasteiger partial charge in [-0.3, -0.25) is 9.59 Å². The number of nitrogens with one attached hydrogen (secondary N) is 1. The van der Waals surface area contributed by atoms with Crippen LogP contribution < -0.4 is 5.56 Å². The molecule has 1 saturated heterocycles. The molecule has 0 aromatic carbocycles. The molecule has 3 heterocycles. The van der Waals surface area contributed by atoms with Gasteiger partial charge in [0.1, 0.15) is 10.7 Å². The lowest BCUT2D eigenvalue weighted by atomic mass is 9.97. The smallest absolute Gasteiger partial charge is 0.259 e. The molecule has 5 nitrogen and oxygen atoms in total. The fraction of sp³-hybridized carbons (Fsp3) is 0.632. The number of aryl methyl sites for hydroxylation is 2. The average Bonchev–Trinajstić information content (AvgIpc) is 3.04. The highest BCUT2D eigenvalue weighted by atomic mass is 32.2. The van der Waals surface area contributed by atoms with Crippen LogP contribution in [0.25, 0.3) is 10.2 Å². The summed E-state index contributed by atoms with van der Waals surface area (Å²) in [5.41, 5.74) is 1.24. The van der Waals surface area contributed by atoms with Crippen LogP contribution in [-0.4, -0.2) is 39.6 Å². The summed E-state index contributed by atoms with van der Waals surface area (Å²) in [5, 5.41) is 0.818. The Morgan fingerprint density at radius 3 is 2.81 bits per heavy atom. The second-order valence-electron chi connectivity index (χ2n) is 7.15. The van der Waals surface area contributed by atoms with Crippen molar-refractivity contribution in [2.45, 2.75) is 57.1 Å². The second-order valence-corrected chi connectivity index (χ2v) is 9.34. The molecule has 0 atom stereocenters. The van der Waals surface area contributed by atoms with Crippen LogP contribution in [0.15, 0.2) is 4.79 Å². The van der Waals surface area contributed by atoms with Crippen LogP contribution in [0.5, 0.6) is 0 Å². The highest BCUT2D eigenvalue weighted by molar-refractivity contribution is 7.98. The minimum absolute atomic E-state index is 0.00870. The first kappa shape index (κ1) is 18.0. The number of fused-ring (bicyclic) bond motifs is 3. The van der Waals surface area contributed by atoms with Gasteiger partial charge >= 0.3 is 0 Å². The second kappa shape index (κ2) is 8.13. The molecular weight excluding hydrogens is 366 g/mol. The Kier molecular flexibility index (Phi) is 5.64. The number of nitrogens with zero attached hydrogens (tertiary/aromatic N) is 2. The first-order valence-electron chi connectivity index (χ1n) is 9.61. The van der Waals surface area contributed by atoms with E-state index < -0.39 is 0 Å². The van der Waals surface area contributed by atoms with Gasteiger partial charge in [0, 0.05) is 30.1 Å². The van der Waals surface area contributed by atoms with Crippen molar-refractivity contribution in [3.63, 3.8) is 0 Å². The molecular formula is C19H25N3O2S2. The number of carbonyl (C=O) groups is 1. The molecule has 4 rings (SSSR count). The van der Waals surface area contributed by atoms with E-state index in [9.17, 15) is 9.59 Å². The van der Waals surface area contributed by atoms with Crippen LogP contribution in [-0.2, 0) is 23.4 Å². The topological polar surface area (TPSA) is 66.1 Å². The number of H-pyrrole nitrogens is 1. The monoisotopic (exact) mass is 391 g/mol. The molecule has 26 heavy (non-hydrogen) atoms. The molecule has 2 aliphatic rings. The van der Waals surface area contributed by atoms with E-state index >= 15 is 0 Å². The van der Waals surface area contributed by atoms with E-state index in [1.54, 1.807) is 23.1 Å². The number of hydrogen-bond donors (Lipinski definition) is 1. The third-order valence-corrected chi connectivity index (χ3v) is 7.44. The van der Waals surface area contributed by atoms with Crippen LogP contribution in [0.2, 0.25) is 0 Å². The van der Waals surface area contributed by atoms with Crippen molar-refractivity contribution in [2.75, 3.05) is 18.8 Å². The number of aromatic amines is 1. The summed E-state index contributed by atoms with van der Waals surface area (Å²) in [7, 11) is 0. The number of thioether (sulfide) groups is 1.